The molecule has 0 heterocycles. The van der Waals surface area contributed by atoms with Crippen LogP contribution in [0.5, 0.6) is 0 Å². The van der Waals surface area contributed by atoms with Crippen LogP contribution in [0.15, 0.2) is 48.6 Å². The lowest BCUT2D eigenvalue weighted by atomic mass is 10.1. The first-order valence-corrected chi connectivity index (χ1v) is 25.1. The maximum atomic E-state index is 12.8. The van der Waals surface area contributed by atoms with Crippen LogP contribution in [0, 0.1) is 0 Å². The van der Waals surface area contributed by atoms with Gasteiger partial charge in [-0.05, 0) is 83.5 Å². The average Bonchev–Trinajstić information content (AvgIpc) is 3.23. The highest BCUT2D eigenvalue weighted by Gasteiger charge is 2.19. The highest BCUT2D eigenvalue weighted by molar-refractivity contribution is 5.71. The van der Waals surface area contributed by atoms with Gasteiger partial charge in [0.25, 0.3) is 0 Å². The van der Waals surface area contributed by atoms with Gasteiger partial charge in [-0.1, -0.05) is 198 Å². The molecule has 0 radical (unpaired) electrons. The van der Waals surface area contributed by atoms with Crippen LogP contribution < -0.4 is 0 Å². The Morgan fingerprint density at radius 3 is 1.03 bits per heavy atom. The van der Waals surface area contributed by atoms with Gasteiger partial charge in [-0.3, -0.25) is 14.4 Å². The van der Waals surface area contributed by atoms with E-state index in [0.717, 1.165) is 70.6 Å². The van der Waals surface area contributed by atoms with E-state index < -0.39 is 6.10 Å². The zero-order valence-electron chi connectivity index (χ0n) is 39.0. The molecule has 0 unspecified atom stereocenters. The Labute approximate surface area is 365 Å². The Hall–Kier alpha value is -2.63. The van der Waals surface area contributed by atoms with Crippen LogP contribution in [0.25, 0.3) is 0 Å². The standard InChI is InChI=1S/C53H94O6/c1-4-7-10-13-16-19-22-24-26-28-31-34-37-40-43-46-52(55)58-49-50(48-57-51(54)45-42-39-36-33-30-21-18-15-12-9-6-3)59-53(56)47-44-41-38-35-32-29-27-25-23-20-17-14-11-8-5-2/h17,20,24-27,32,35,50H,4-16,18-19,21-23,28-31,33-34,36-49H2,1-3H3/b20-17-,26-24-,27-25-,35-32-/t50-/m0/s1. The zero-order valence-corrected chi connectivity index (χ0v) is 39.0. The molecule has 0 fully saturated rings. The number of esters is 3. The number of rotatable bonds is 45. The molecule has 0 aromatic heterocycles. The first kappa shape index (κ1) is 56.4. The topological polar surface area (TPSA) is 78.9 Å². The van der Waals surface area contributed by atoms with Gasteiger partial charge in [-0.2, -0.15) is 0 Å². The molecule has 0 aromatic rings. The molecule has 59 heavy (non-hydrogen) atoms. The summed E-state index contributed by atoms with van der Waals surface area (Å²) >= 11 is 0. The third kappa shape index (κ3) is 46.3. The van der Waals surface area contributed by atoms with Crippen LogP contribution in [-0.4, -0.2) is 37.2 Å². The number of carbonyl (C=O) groups is 3. The summed E-state index contributed by atoms with van der Waals surface area (Å²) < 4.78 is 16.7. The Morgan fingerprint density at radius 1 is 0.339 bits per heavy atom. The summed E-state index contributed by atoms with van der Waals surface area (Å²) in [6.07, 6.45) is 56.6. The van der Waals surface area contributed by atoms with Crippen LogP contribution in [-0.2, 0) is 28.6 Å². The van der Waals surface area contributed by atoms with Crippen molar-refractivity contribution in [3.05, 3.63) is 48.6 Å². The summed E-state index contributed by atoms with van der Waals surface area (Å²) in [6, 6.07) is 0. The molecular weight excluding hydrogens is 733 g/mol. The summed E-state index contributed by atoms with van der Waals surface area (Å²) in [7, 11) is 0. The molecule has 1 atom stereocenters. The van der Waals surface area contributed by atoms with Crippen LogP contribution in [0.2, 0.25) is 0 Å². The molecule has 0 saturated heterocycles. The van der Waals surface area contributed by atoms with E-state index in [4.69, 9.17) is 14.2 Å². The van der Waals surface area contributed by atoms with Crippen molar-refractivity contribution in [1.29, 1.82) is 0 Å². The molecule has 0 saturated carbocycles. The average molecular weight is 827 g/mol. The second kappa shape index (κ2) is 48.0. The molecule has 6 heteroatoms. The lowest BCUT2D eigenvalue weighted by molar-refractivity contribution is -0.167. The summed E-state index contributed by atoms with van der Waals surface area (Å²) in [4.78, 5) is 37.9. The van der Waals surface area contributed by atoms with E-state index in [2.05, 4.69) is 69.4 Å². The summed E-state index contributed by atoms with van der Waals surface area (Å²) in [5.41, 5.74) is 0. The van der Waals surface area contributed by atoms with Gasteiger partial charge in [0.2, 0.25) is 0 Å². The van der Waals surface area contributed by atoms with Crippen molar-refractivity contribution in [2.45, 2.75) is 258 Å². The fourth-order valence-electron chi connectivity index (χ4n) is 6.97. The van der Waals surface area contributed by atoms with E-state index >= 15 is 0 Å². The Kier molecular flexibility index (Phi) is 45.9. The predicted octanol–water partition coefficient (Wildman–Crippen LogP) is 16.3. The molecular formula is C53H94O6. The fraction of sp³-hybridized carbons (Fsp3) is 0.792. The van der Waals surface area contributed by atoms with Gasteiger partial charge in [0, 0.05) is 19.3 Å². The minimum atomic E-state index is -0.792. The number of carbonyl (C=O) groups excluding carboxylic acids is 3. The van der Waals surface area contributed by atoms with Gasteiger partial charge < -0.3 is 14.2 Å². The van der Waals surface area contributed by atoms with Crippen LogP contribution in [0.3, 0.4) is 0 Å². The van der Waals surface area contributed by atoms with E-state index in [1.807, 2.05) is 0 Å². The molecule has 0 rings (SSSR count). The lowest BCUT2D eigenvalue weighted by Crippen LogP contribution is -2.30. The molecule has 0 aliphatic carbocycles. The molecule has 0 spiro atoms. The largest absolute Gasteiger partial charge is 0.462 e. The van der Waals surface area contributed by atoms with Crippen molar-refractivity contribution in [2.24, 2.45) is 0 Å². The highest BCUT2D eigenvalue weighted by atomic mass is 16.6. The van der Waals surface area contributed by atoms with Gasteiger partial charge in [-0.25, -0.2) is 0 Å². The first-order valence-electron chi connectivity index (χ1n) is 25.1. The van der Waals surface area contributed by atoms with Crippen molar-refractivity contribution in [1.82, 2.24) is 0 Å². The van der Waals surface area contributed by atoms with Crippen molar-refractivity contribution in [2.75, 3.05) is 13.2 Å². The molecule has 342 valence electrons. The normalized spacial score (nSPS) is 12.4. The molecule has 0 bridgehead atoms. The fourth-order valence-corrected chi connectivity index (χ4v) is 6.97. The second-order valence-electron chi connectivity index (χ2n) is 16.7. The number of unbranched alkanes of at least 4 members (excludes halogenated alkanes) is 26. The van der Waals surface area contributed by atoms with E-state index in [9.17, 15) is 14.4 Å². The Morgan fingerprint density at radius 2 is 0.610 bits per heavy atom. The van der Waals surface area contributed by atoms with E-state index in [-0.39, 0.29) is 37.5 Å². The highest BCUT2D eigenvalue weighted by Crippen LogP contribution is 2.14. The van der Waals surface area contributed by atoms with E-state index in [1.54, 1.807) is 0 Å². The van der Waals surface area contributed by atoms with Gasteiger partial charge in [0.15, 0.2) is 6.10 Å². The smallest absolute Gasteiger partial charge is 0.306 e. The molecule has 0 N–H and O–H groups in total. The second-order valence-corrected chi connectivity index (χ2v) is 16.7. The Balaban J connectivity index is 4.43. The zero-order chi connectivity index (χ0) is 43.0. The summed E-state index contributed by atoms with van der Waals surface area (Å²) in [6.45, 7) is 6.56. The quantitative estimate of drug-likeness (QED) is 0.0263. The van der Waals surface area contributed by atoms with Gasteiger partial charge in [-0.15, -0.1) is 0 Å². The maximum absolute atomic E-state index is 12.8. The van der Waals surface area contributed by atoms with Crippen molar-refractivity contribution < 1.29 is 28.6 Å². The van der Waals surface area contributed by atoms with E-state index in [0.29, 0.717) is 19.3 Å². The predicted molar refractivity (Wildman–Crippen MR) is 252 cm³/mol. The summed E-state index contributed by atoms with van der Waals surface area (Å²) in [5, 5.41) is 0. The van der Waals surface area contributed by atoms with Crippen molar-refractivity contribution in [3.8, 4) is 0 Å². The molecule has 0 aliphatic rings. The molecule has 0 aromatic carbocycles. The van der Waals surface area contributed by atoms with Gasteiger partial charge >= 0.3 is 17.9 Å². The molecule has 0 amide bonds. The number of hydrogen-bond acceptors (Lipinski definition) is 6. The van der Waals surface area contributed by atoms with Crippen molar-refractivity contribution in [3.63, 3.8) is 0 Å². The molecule has 0 aliphatic heterocycles. The number of ether oxygens (including phenoxy) is 3. The maximum Gasteiger partial charge on any atom is 0.306 e. The SMILES string of the molecule is CCCCC/C=C\C/C=C\C/C=C\CCCCC(=O)O[C@H](COC(=O)CCCCCCC/C=C\CCCCCCCC)COC(=O)CCCCCCCCCCCCC. The molecule has 6 nitrogen and oxygen atoms in total. The monoisotopic (exact) mass is 827 g/mol. The number of allylic oxidation sites excluding steroid dienone is 8. The van der Waals surface area contributed by atoms with Crippen molar-refractivity contribution >= 4 is 17.9 Å². The first-order chi connectivity index (χ1) is 29.0. The third-order valence-electron chi connectivity index (χ3n) is 10.8. The Bertz CT molecular complexity index is 1040. The van der Waals surface area contributed by atoms with Crippen LogP contribution in [0.1, 0.15) is 252 Å². The van der Waals surface area contributed by atoms with Crippen LogP contribution in [0.4, 0.5) is 0 Å². The van der Waals surface area contributed by atoms with E-state index in [1.165, 1.54) is 135 Å². The lowest BCUT2D eigenvalue weighted by Gasteiger charge is -2.18. The van der Waals surface area contributed by atoms with Gasteiger partial charge in [0.1, 0.15) is 13.2 Å². The number of hydrogen-bond donors (Lipinski definition) is 0. The van der Waals surface area contributed by atoms with Crippen LogP contribution >= 0.6 is 0 Å². The minimum absolute atomic E-state index is 0.0891. The third-order valence-corrected chi connectivity index (χ3v) is 10.8. The summed E-state index contributed by atoms with van der Waals surface area (Å²) in [5.74, 6) is -0.932. The van der Waals surface area contributed by atoms with Gasteiger partial charge in [0.05, 0.1) is 0 Å². The minimum Gasteiger partial charge on any atom is -0.462 e.